The molecule has 0 spiro atoms. The van der Waals surface area contributed by atoms with E-state index >= 15 is 0 Å². The molecule has 0 saturated carbocycles. The first-order valence-electron chi connectivity index (χ1n) is 3.88. The molecule has 0 aliphatic carbocycles. The molecule has 0 unspecified atom stereocenters. The van der Waals surface area contributed by atoms with E-state index in [0.717, 1.165) is 0 Å². The first-order chi connectivity index (χ1) is 6.36. The summed E-state index contributed by atoms with van der Waals surface area (Å²) in [6.45, 7) is 0. The van der Waals surface area contributed by atoms with Crippen molar-refractivity contribution in [2.45, 2.75) is 0 Å². The Balaban J connectivity index is 0.000000980. The van der Waals surface area contributed by atoms with E-state index in [0.29, 0.717) is 5.95 Å². The Morgan fingerprint density at radius 3 is 2.57 bits per heavy atom. The van der Waals surface area contributed by atoms with E-state index in [-0.39, 0.29) is 18.0 Å². The number of hydrogen-bond acceptors (Lipinski definition) is 2. The van der Waals surface area contributed by atoms with Crippen LogP contribution in [0.4, 0.5) is 0 Å². The third-order valence-corrected chi connectivity index (χ3v) is 1.62. The molecule has 4 nitrogen and oxygen atoms in total. The summed E-state index contributed by atoms with van der Waals surface area (Å²) < 4.78 is 1.74. The molecule has 0 aromatic carbocycles. The quantitative estimate of drug-likeness (QED) is 0.511. The number of nitrogens with zero attached hydrogens (tertiary/aromatic N) is 2. The van der Waals surface area contributed by atoms with Crippen LogP contribution in [0.25, 0.3) is 5.95 Å². The Bertz CT molecular complexity index is 455. The second-order valence-corrected chi connectivity index (χ2v) is 2.54. The van der Waals surface area contributed by atoms with Gasteiger partial charge in [-0.15, -0.1) is 0 Å². The van der Waals surface area contributed by atoms with Crippen LogP contribution in [0.2, 0.25) is 0 Å². The maximum absolute atomic E-state index is 11.0. The lowest BCUT2D eigenvalue weighted by Crippen LogP contribution is -3.00. The Morgan fingerprint density at radius 2 is 1.93 bits per heavy atom. The van der Waals surface area contributed by atoms with Crippen LogP contribution in [0, 0.1) is 0 Å². The van der Waals surface area contributed by atoms with Gasteiger partial charge in [0.1, 0.15) is 6.20 Å². The molecule has 2 heterocycles. The van der Waals surface area contributed by atoms with Crippen molar-refractivity contribution in [3.63, 3.8) is 0 Å². The van der Waals surface area contributed by atoms with Crippen molar-refractivity contribution >= 4 is 0 Å². The SMILES string of the molecule is O=c1ccnc(-[n+]2ccccc2)[nH]1.[Cl-]. The highest BCUT2D eigenvalue weighted by atomic mass is 35.5. The molecule has 2 rings (SSSR count). The maximum Gasteiger partial charge on any atom is 0.403 e. The van der Waals surface area contributed by atoms with Crippen molar-refractivity contribution in [1.82, 2.24) is 9.97 Å². The van der Waals surface area contributed by atoms with Gasteiger partial charge in [0.15, 0.2) is 0 Å². The van der Waals surface area contributed by atoms with Crippen LogP contribution < -0.4 is 22.5 Å². The van der Waals surface area contributed by atoms with Gasteiger partial charge in [0, 0.05) is 0 Å². The molecule has 0 saturated heterocycles. The second-order valence-electron chi connectivity index (χ2n) is 2.54. The van der Waals surface area contributed by atoms with Crippen LogP contribution in [-0.4, -0.2) is 9.97 Å². The predicted octanol–water partition coefficient (Wildman–Crippen LogP) is -2.95. The molecule has 0 radical (unpaired) electrons. The third-order valence-electron chi connectivity index (χ3n) is 1.62. The lowest BCUT2D eigenvalue weighted by atomic mass is 10.5. The molecule has 0 fully saturated rings. The third kappa shape index (κ3) is 2.17. The minimum Gasteiger partial charge on any atom is -1.00 e. The lowest BCUT2D eigenvalue weighted by Gasteiger charge is -1.92. The molecule has 72 valence electrons. The van der Waals surface area contributed by atoms with Crippen molar-refractivity contribution in [3.8, 4) is 5.95 Å². The fourth-order valence-corrected chi connectivity index (χ4v) is 1.03. The summed E-state index contributed by atoms with van der Waals surface area (Å²) in [6.07, 6.45) is 5.12. The van der Waals surface area contributed by atoms with E-state index < -0.39 is 0 Å². The smallest absolute Gasteiger partial charge is 0.403 e. The molecular formula is C9H8ClN3O. The number of aromatic nitrogens is 3. The zero-order chi connectivity index (χ0) is 9.10. The lowest BCUT2D eigenvalue weighted by molar-refractivity contribution is -0.603. The molecule has 0 aliphatic heterocycles. The molecule has 0 amide bonds. The molecule has 2 aromatic heterocycles. The van der Waals surface area contributed by atoms with Crippen molar-refractivity contribution in [1.29, 1.82) is 0 Å². The Labute approximate surface area is 86.7 Å². The number of nitrogens with one attached hydrogen (secondary N) is 1. The normalized spacial score (nSPS) is 9.14. The molecule has 2 aromatic rings. The summed E-state index contributed by atoms with van der Waals surface area (Å²) in [6, 6.07) is 7.02. The van der Waals surface area contributed by atoms with Crippen molar-refractivity contribution in [3.05, 3.63) is 53.2 Å². The van der Waals surface area contributed by atoms with Crippen LogP contribution in [0.3, 0.4) is 0 Å². The van der Waals surface area contributed by atoms with Gasteiger partial charge in [0.05, 0.1) is 18.5 Å². The topological polar surface area (TPSA) is 49.6 Å². The summed E-state index contributed by atoms with van der Waals surface area (Å²) in [5, 5.41) is 0. The first kappa shape index (κ1) is 10.4. The number of pyridine rings is 1. The highest BCUT2D eigenvalue weighted by molar-refractivity contribution is 4.96. The highest BCUT2D eigenvalue weighted by Gasteiger charge is 2.04. The summed E-state index contributed by atoms with van der Waals surface area (Å²) in [5.74, 6) is 0.521. The fraction of sp³-hybridized carbons (Fsp3) is 0. The van der Waals surface area contributed by atoms with Gasteiger partial charge in [-0.1, -0.05) is 11.1 Å². The fourth-order valence-electron chi connectivity index (χ4n) is 1.03. The number of H-pyrrole nitrogens is 1. The van der Waals surface area contributed by atoms with Gasteiger partial charge >= 0.3 is 11.5 Å². The van der Waals surface area contributed by atoms with Gasteiger partial charge in [0.2, 0.25) is 0 Å². The Morgan fingerprint density at radius 1 is 1.21 bits per heavy atom. The van der Waals surface area contributed by atoms with Crippen LogP contribution in [0.15, 0.2) is 47.7 Å². The minimum absolute atomic E-state index is 0. The van der Waals surface area contributed by atoms with Crippen molar-refractivity contribution in [2.75, 3.05) is 0 Å². The van der Waals surface area contributed by atoms with Crippen LogP contribution >= 0.6 is 0 Å². The number of halogens is 1. The van der Waals surface area contributed by atoms with Crippen LogP contribution in [0.1, 0.15) is 0 Å². The van der Waals surface area contributed by atoms with Crippen molar-refractivity contribution < 1.29 is 17.0 Å². The maximum atomic E-state index is 11.0. The monoisotopic (exact) mass is 209 g/mol. The number of aromatic amines is 1. The summed E-state index contributed by atoms with van der Waals surface area (Å²) >= 11 is 0. The van der Waals surface area contributed by atoms with Gasteiger partial charge in [-0.25, -0.2) is 9.55 Å². The van der Waals surface area contributed by atoms with E-state index in [9.17, 15) is 4.79 Å². The largest absolute Gasteiger partial charge is 1.00 e. The summed E-state index contributed by atoms with van der Waals surface area (Å²) in [5.41, 5.74) is -0.152. The molecule has 0 bridgehead atoms. The summed E-state index contributed by atoms with van der Waals surface area (Å²) in [7, 11) is 0. The molecule has 14 heavy (non-hydrogen) atoms. The molecule has 5 heteroatoms. The Hall–Kier alpha value is -1.68. The zero-order valence-electron chi connectivity index (χ0n) is 7.22. The average molecular weight is 210 g/mol. The van der Waals surface area contributed by atoms with Gasteiger partial charge in [-0.2, -0.15) is 0 Å². The molecule has 0 atom stereocenters. The number of rotatable bonds is 1. The van der Waals surface area contributed by atoms with E-state index in [2.05, 4.69) is 9.97 Å². The standard InChI is InChI=1S/C9H7N3O.ClH/c13-8-4-5-10-9(11-8)12-6-2-1-3-7-12;/h1-7H;1H. The van der Waals surface area contributed by atoms with E-state index in [4.69, 9.17) is 0 Å². The Kier molecular flexibility index (Phi) is 3.36. The van der Waals surface area contributed by atoms with E-state index in [1.54, 1.807) is 4.57 Å². The van der Waals surface area contributed by atoms with Gasteiger partial charge < -0.3 is 12.4 Å². The van der Waals surface area contributed by atoms with E-state index in [1.165, 1.54) is 12.3 Å². The van der Waals surface area contributed by atoms with E-state index in [1.807, 2.05) is 30.6 Å². The minimum atomic E-state index is -0.152. The van der Waals surface area contributed by atoms with Crippen molar-refractivity contribution in [2.24, 2.45) is 0 Å². The van der Waals surface area contributed by atoms with Gasteiger partial charge in [0.25, 0.3) is 0 Å². The zero-order valence-corrected chi connectivity index (χ0v) is 7.98. The predicted molar refractivity (Wildman–Crippen MR) is 46.4 cm³/mol. The number of hydrogen-bond donors (Lipinski definition) is 1. The molecule has 0 aliphatic rings. The van der Waals surface area contributed by atoms with Crippen LogP contribution in [0.5, 0.6) is 0 Å². The second kappa shape index (κ2) is 4.53. The van der Waals surface area contributed by atoms with Crippen LogP contribution in [-0.2, 0) is 0 Å². The molecular weight excluding hydrogens is 202 g/mol. The summed E-state index contributed by atoms with van der Waals surface area (Å²) in [4.78, 5) is 17.6. The molecule has 1 N–H and O–H groups in total. The van der Waals surface area contributed by atoms with Gasteiger partial charge in [-0.05, 0) is 12.1 Å². The highest BCUT2D eigenvalue weighted by Crippen LogP contribution is 1.83. The first-order valence-corrected chi connectivity index (χ1v) is 3.88. The average Bonchev–Trinajstić information content (AvgIpc) is 2.19. The van der Waals surface area contributed by atoms with Gasteiger partial charge in [-0.3, -0.25) is 4.79 Å².